The largest absolute Gasteiger partial charge is 0.482 e. The molecule has 0 fully saturated rings. The van der Waals surface area contributed by atoms with Gasteiger partial charge in [-0.05, 0) is 30.3 Å². The molecular formula is C14H11ClN2O4S. The molecule has 0 saturated carbocycles. The number of hydrogen-bond donors (Lipinski definition) is 2. The summed E-state index contributed by atoms with van der Waals surface area (Å²) in [5.74, 6) is 0.158. The van der Waals surface area contributed by atoms with Crippen LogP contribution in [0, 0.1) is 0 Å². The normalized spacial score (nSPS) is 13.8. The summed E-state index contributed by atoms with van der Waals surface area (Å²) >= 11 is 5.81. The molecular weight excluding hydrogens is 328 g/mol. The Balaban J connectivity index is 1.88. The summed E-state index contributed by atoms with van der Waals surface area (Å²) < 4.78 is 32.3. The van der Waals surface area contributed by atoms with E-state index in [9.17, 15) is 13.2 Å². The molecule has 2 N–H and O–H groups in total. The first-order chi connectivity index (χ1) is 10.4. The molecule has 0 atom stereocenters. The molecule has 0 aromatic heterocycles. The third-order valence-corrected chi connectivity index (χ3v) is 4.59. The van der Waals surface area contributed by atoms with Gasteiger partial charge in [0.1, 0.15) is 5.75 Å². The zero-order valence-corrected chi connectivity index (χ0v) is 12.7. The summed E-state index contributed by atoms with van der Waals surface area (Å²) in [6.07, 6.45) is 0. The first-order valence-corrected chi connectivity index (χ1v) is 8.15. The topological polar surface area (TPSA) is 84.5 Å². The molecule has 0 saturated heterocycles. The van der Waals surface area contributed by atoms with Crippen LogP contribution in [0.3, 0.4) is 0 Å². The number of carbonyl (C=O) groups excluding carboxylic acids is 1. The van der Waals surface area contributed by atoms with Gasteiger partial charge >= 0.3 is 0 Å². The van der Waals surface area contributed by atoms with E-state index in [0.29, 0.717) is 22.1 Å². The number of amides is 1. The van der Waals surface area contributed by atoms with E-state index in [1.54, 1.807) is 18.2 Å². The molecule has 1 aliphatic rings. The fraction of sp³-hybridized carbons (Fsp3) is 0.0714. The number of hydrogen-bond acceptors (Lipinski definition) is 4. The first-order valence-electron chi connectivity index (χ1n) is 6.29. The standard InChI is InChI=1S/C14H11ClN2O4S/c15-9-2-1-3-11(6-9)22(19,20)17-10-4-5-12-13(7-10)21-8-14(18)16-12/h1-7,17H,8H2,(H,16,18). The molecule has 2 aromatic rings. The molecule has 0 bridgehead atoms. The van der Waals surface area contributed by atoms with Crippen molar-refractivity contribution < 1.29 is 17.9 Å². The number of sulfonamides is 1. The Hall–Kier alpha value is -2.25. The highest BCUT2D eigenvalue weighted by molar-refractivity contribution is 7.92. The van der Waals surface area contributed by atoms with Crippen molar-refractivity contribution in [3.05, 3.63) is 47.5 Å². The van der Waals surface area contributed by atoms with E-state index in [1.807, 2.05) is 0 Å². The molecule has 0 unspecified atom stereocenters. The number of nitrogens with one attached hydrogen (secondary N) is 2. The van der Waals surface area contributed by atoms with Gasteiger partial charge in [-0.15, -0.1) is 0 Å². The summed E-state index contributed by atoms with van der Waals surface area (Å²) in [4.78, 5) is 11.3. The molecule has 6 nitrogen and oxygen atoms in total. The second kappa shape index (κ2) is 5.51. The van der Waals surface area contributed by atoms with Crippen LogP contribution in [-0.2, 0) is 14.8 Å². The van der Waals surface area contributed by atoms with Gasteiger partial charge in [-0.1, -0.05) is 17.7 Å². The maximum absolute atomic E-state index is 12.3. The monoisotopic (exact) mass is 338 g/mol. The molecule has 1 amide bonds. The van der Waals surface area contributed by atoms with Gasteiger partial charge in [0.15, 0.2) is 6.61 Å². The number of ether oxygens (including phenoxy) is 1. The van der Waals surface area contributed by atoms with Crippen LogP contribution in [0.5, 0.6) is 5.75 Å². The quantitative estimate of drug-likeness (QED) is 0.900. The second-order valence-corrected chi connectivity index (χ2v) is 6.73. The minimum atomic E-state index is -3.75. The minimum Gasteiger partial charge on any atom is -0.482 e. The Kier molecular flexibility index (Phi) is 3.67. The fourth-order valence-electron chi connectivity index (χ4n) is 1.99. The van der Waals surface area contributed by atoms with Gasteiger partial charge in [-0.3, -0.25) is 9.52 Å². The van der Waals surface area contributed by atoms with E-state index in [4.69, 9.17) is 16.3 Å². The second-order valence-electron chi connectivity index (χ2n) is 4.61. The molecule has 114 valence electrons. The summed E-state index contributed by atoms with van der Waals surface area (Å²) in [7, 11) is -3.75. The molecule has 0 aliphatic carbocycles. The van der Waals surface area contributed by atoms with E-state index < -0.39 is 10.0 Å². The molecule has 0 spiro atoms. The summed E-state index contributed by atoms with van der Waals surface area (Å²) in [5.41, 5.74) is 0.830. The van der Waals surface area contributed by atoms with Gasteiger partial charge in [0.05, 0.1) is 16.3 Å². The maximum Gasteiger partial charge on any atom is 0.262 e. The molecule has 1 heterocycles. The van der Waals surface area contributed by atoms with E-state index in [2.05, 4.69) is 10.0 Å². The number of carbonyl (C=O) groups is 1. The van der Waals surface area contributed by atoms with Gasteiger partial charge < -0.3 is 10.1 Å². The Bertz CT molecular complexity index is 852. The van der Waals surface area contributed by atoms with Crippen LogP contribution >= 0.6 is 11.6 Å². The van der Waals surface area contributed by atoms with Crippen LogP contribution in [0.4, 0.5) is 11.4 Å². The van der Waals surface area contributed by atoms with E-state index in [-0.39, 0.29) is 17.4 Å². The van der Waals surface area contributed by atoms with Crippen LogP contribution in [-0.4, -0.2) is 20.9 Å². The van der Waals surface area contributed by atoms with Crippen molar-refractivity contribution in [2.45, 2.75) is 4.90 Å². The smallest absolute Gasteiger partial charge is 0.262 e. The van der Waals surface area contributed by atoms with E-state index in [1.165, 1.54) is 24.3 Å². The lowest BCUT2D eigenvalue weighted by atomic mass is 10.2. The Morgan fingerprint density at radius 3 is 2.77 bits per heavy atom. The van der Waals surface area contributed by atoms with Crippen molar-refractivity contribution in [2.24, 2.45) is 0 Å². The highest BCUT2D eigenvalue weighted by Gasteiger charge is 2.19. The highest BCUT2D eigenvalue weighted by atomic mass is 35.5. The van der Waals surface area contributed by atoms with Crippen LogP contribution in [0.2, 0.25) is 5.02 Å². The number of anilines is 2. The molecule has 0 radical (unpaired) electrons. The van der Waals surface area contributed by atoms with Crippen molar-refractivity contribution in [3.63, 3.8) is 0 Å². The van der Waals surface area contributed by atoms with Crippen molar-refractivity contribution >= 4 is 38.9 Å². The van der Waals surface area contributed by atoms with Crippen LogP contribution in [0.15, 0.2) is 47.4 Å². The first kappa shape index (κ1) is 14.7. The number of benzene rings is 2. The Morgan fingerprint density at radius 1 is 1.18 bits per heavy atom. The van der Waals surface area contributed by atoms with Crippen LogP contribution < -0.4 is 14.8 Å². The molecule has 22 heavy (non-hydrogen) atoms. The van der Waals surface area contributed by atoms with Gasteiger partial charge in [0.2, 0.25) is 0 Å². The van der Waals surface area contributed by atoms with Crippen molar-refractivity contribution in [1.29, 1.82) is 0 Å². The highest BCUT2D eigenvalue weighted by Crippen LogP contribution is 2.31. The Morgan fingerprint density at radius 2 is 2.00 bits per heavy atom. The van der Waals surface area contributed by atoms with Crippen molar-refractivity contribution in [1.82, 2.24) is 0 Å². The average molecular weight is 339 g/mol. The third kappa shape index (κ3) is 3.00. The summed E-state index contributed by atoms with van der Waals surface area (Å²) in [5, 5.41) is 2.96. The van der Waals surface area contributed by atoms with E-state index >= 15 is 0 Å². The van der Waals surface area contributed by atoms with Crippen LogP contribution in [0.25, 0.3) is 0 Å². The van der Waals surface area contributed by atoms with Gasteiger partial charge in [0.25, 0.3) is 15.9 Å². The lowest BCUT2D eigenvalue weighted by Gasteiger charge is -2.18. The lowest BCUT2D eigenvalue weighted by Crippen LogP contribution is -2.25. The fourth-order valence-corrected chi connectivity index (χ4v) is 3.34. The number of halogens is 1. The molecule has 1 aliphatic heterocycles. The zero-order chi connectivity index (χ0) is 15.7. The van der Waals surface area contributed by atoms with Crippen molar-refractivity contribution in [3.8, 4) is 5.75 Å². The maximum atomic E-state index is 12.3. The number of rotatable bonds is 3. The van der Waals surface area contributed by atoms with Crippen LogP contribution in [0.1, 0.15) is 0 Å². The predicted molar refractivity (Wildman–Crippen MR) is 82.8 cm³/mol. The lowest BCUT2D eigenvalue weighted by molar-refractivity contribution is -0.118. The summed E-state index contributed by atoms with van der Waals surface area (Å²) in [6.45, 7) is -0.0997. The van der Waals surface area contributed by atoms with Gasteiger partial charge in [-0.25, -0.2) is 8.42 Å². The predicted octanol–water partition coefficient (Wildman–Crippen LogP) is 2.47. The SMILES string of the molecule is O=C1COc2cc(NS(=O)(=O)c3cccc(Cl)c3)ccc2N1. The third-order valence-electron chi connectivity index (χ3n) is 2.97. The molecule has 8 heteroatoms. The molecule has 2 aromatic carbocycles. The van der Waals surface area contributed by atoms with Gasteiger partial charge in [0, 0.05) is 11.1 Å². The average Bonchev–Trinajstić information content (AvgIpc) is 2.47. The minimum absolute atomic E-state index is 0.0620. The Labute approximate surface area is 132 Å². The molecule has 3 rings (SSSR count). The summed E-state index contributed by atoms with van der Waals surface area (Å²) in [6, 6.07) is 10.6. The van der Waals surface area contributed by atoms with Gasteiger partial charge in [-0.2, -0.15) is 0 Å². The van der Waals surface area contributed by atoms with Crippen molar-refractivity contribution in [2.75, 3.05) is 16.6 Å². The van der Waals surface area contributed by atoms with E-state index in [0.717, 1.165) is 0 Å². The zero-order valence-electron chi connectivity index (χ0n) is 11.2. The number of fused-ring (bicyclic) bond motifs is 1.